The quantitative estimate of drug-likeness (QED) is 0.929. The van der Waals surface area contributed by atoms with Crippen molar-refractivity contribution in [1.82, 2.24) is 10.2 Å². The highest BCUT2D eigenvalue weighted by molar-refractivity contribution is 6.35. The number of amides is 2. The van der Waals surface area contributed by atoms with Crippen LogP contribution in [0.4, 0.5) is 0 Å². The highest BCUT2D eigenvalue weighted by atomic mass is 35.5. The summed E-state index contributed by atoms with van der Waals surface area (Å²) >= 11 is 11.7. The molecule has 0 fully saturated rings. The molecule has 1 rings (SSSR count). The van der Waals surface area contributed by atoms with E-state index in [0.717, 1.165) is 0 Å². The second-order valence-electron chi connectivity index (χ2n) is 4.54. The van der Waals surface area contributed by atoms with Gasteiger partial charge in [0.15, 0.2) is 0 Å². The van der Waals surface area contributed by atoms with Crippen LogP contribution in [0.1, 0.15) is 24.2 Å². The van der Waals surface area contributed by atoms with Crippen molar-refractivity contribution in [3.63, 3.8) is 0 Å². The lowest BCUT2D eigenvalue weighted by Crippen LogP contribution is -2.40. The van der Waals surface area contributed by atoms with Gasteiger partial charge < -0.3 is 10.2 Å². The minimum atomic E-state index is -0.302. The number of halogens is 2. The van der Waals surface area contributed by atoms with Crippen LogP contribution in [0, 0.1) is 0 Å². The van der Waals surface area contributed by atoms with E-state index in [1.807, 2.05) is 13.8 Å². The van der Waals surface area contributed by atoms with E-state index in [2.05, 4.69) is 5.32 Å². The van der Waals surface area contributed by atoms with E-state index in [4.69, 9.17) is 23.2 Å². The zero-order chi connectivity index (χ0) is 14.6. The highest BCUT2D eigenvalue weighted by Gasteiger charge is 2.16. The SMILES string of the molecule is CC(C)NC(=O)CN(C)C(=O)c1cc(Cl)cc(Cl)c1. The minimum Gasteiger partial charge on any atom is -0.352 e. The third-order valence-corrected chi connectivity index (χ3v) is 2.72. The van der Waals surface area contributed by atoms with Gasteiger partial charge in [0.05, 0.1) is 6.54 Å². The molecule has 0 heterocycles. The van der Waals surface area contributed by atoms with Crippen molar-refractivity contribution in [2.45, 2.75) is 19.9 Å². The molecule has 0 unspecified atom stereocenters. The van der Waals surface area contributed by atoms with Gasteiger partial charge in [-0.3, -0.25) is 9.59 Å². The van der Waals surface area contributed by atoms with E-state index in [9.17, 15) is 9.59 Å². The topological polar surface area (TPSA) is 49.4 Å². The molecular formula is C13H16Cl2N2O2. The van der Waals surface area contributed by atoms with Crippen molar-refractivity contribution >= 4 is 35.0 Å². The molecule has 1 N–H and O–H groups in total. The van der Waals surface area contributed by atoms with Crippen LogP contribution in [0.5, 0.6) is 0 Å². The third kappa shape index (κ3) is 5.09. The van der Waals surface area contributed by atoms with E-state index < -0.39 is 0 Å². The van der Waals surface area contributed by atoms with Crippen LogP contribution >= 0.6 is 23.2 Å². The maximum absolute atomic E-state index is 12.1. The largest absolute Gasteiger partial charge is 0.352 e. The first-order valence-corrected chi connectivity index (χ1v) is 6.56. The van der Waals surface area contributed by atoms with Crippen LogP contribution in [-0.4, -0.2) is 36.3 Å². The lowest BCUT2D eigenvalue weighted by atomic mass is 10.2. The molecule has 6 heteroatoms. The molecule has 0 aliphatic carbocycles. The third-order valence-electron chi connectivity index (χ3n) is 2.29. The number of nitrogens with zero attached hydrogens (tertiary/aromatic N) is 1. The Morgan fingerprint density at radius 3 is 2.21 bits per heavy atom. The van der Waals surface area contributed by atoms with Gasteiger partial charge in [0.1, 0.15) is 0 Å². The Bertz CT molecular complexity index is 469. The molecule has 0 bridgehead atoms. The lowest BCUT2D eigenvalue weighted by Gasteiger charge is -2.18. The van der Waals surface area contributed by atoms with Gasteiger partial charge in [0.2, 0.25) is 5.91 Å². The molecule has 0 saturated heterocycles. The average molecular weight is 303 g/mol. The Morgan fingerprint density at radius 1 is 1.21 bits per heavy atom. The van der Waals surface area contributed by atoms with Crippen LogP contribution in [-0.2, 0) is 4.79 Å². The van der Waals surface area contributed by atoms with Crippen LogP contribution in [0.3, 0.4) is 0 Å². The van der Waals surface area contributed by atoms with Crippen molar-refractivity contribution in [1.29, 1.82) is 0 Å². The van der Waals surface area contributed by atoms with E-state index in [-0.39, 0.29) is 24.4 Å². The van der Waals surface area contributed by atoms with Crippen molar-refractivity contribution in [3.05, 3.63) is 33.8 Å². The molecule has 0 spiro atoms. The average Bonchev–Trinajstić information content (AvgIpc) is 2.25. The van der Waals surface area contributed by atoms with Crippen LogP contribution in [0.15, 0.2) is 18.2 Å². The maximum atomic E-state index is 12.1. The van der Waals surface area contributed by atoms with E-state index in [1.165, 1.54) is 17.0 Å². The van der Waals surface area contributed by atoms with E-state index in [1.54, 1.807) is 13.1 Å². The Morgan fingerprint density at radius 2 is 1.74 bits per heavy atom. The summed E-state index contributed by atoms with van der Waals surface area (Å²) < 4.78 is 0. The summed E-state index contributed by atoms with van der Waals surface area (Å²) in [5, 5.41) is 3.49. The first-order chi connectivity index (χ1) is 8.79. The summed E-state index contributed by atoms with van der Waals surface area (Å²) in [6.45, 7) is 3.70. The van der Waals surface area contributed by atoms with Crippen molar-refractivity contribution in [2.24, 2.45) is 0 Å². The standard InChI is InChI=1S/C13H16Cl2N2O2/c1-8(2)16-12(18)7-17(3)13(19)9-4-10(14)6-11(15)5-9/h4-6,8H,7H2,1-3H3,(H,16,18). The second-order valence-corrected chi connectivity index (χ2v) is 5.41. The molecule has 0 aromatic heterocycles. The molecule has 0 radical (unpaired) electrons. The Kier molecular flexibility index (Phi) is 5.63. The predicted octanol–water partition coefficient (Wildman–Crippen LogP) is 2.59. The molecule has 4 nitrogen and oxygen atoms in total. The first-order valence-electron chi connectivity index (χ1n) is 5.80. The molecule has 0 aliphatic rings. The Labute approximate surface area is 122 Å². The van der Waals surface area contributed by atoms with Crippen molar-refractivity contribution in [3.8, 4) is 0 Å². The summed E-state index contributed by atoms with van der Waals surface area (Å²) in [4.78, 5) is 25.0. The van der Waals surface area contributed by atoms with Crippen LogP contribution in [0.25, 0.3) is 0 Å². The van der Waals surface area contributed by atoms with Gasteiger partial charge >= 0.3 is 0 Å². The molecule has 0 aliphatic heterocycles. The number of benzene rings is 1. The fourth-order valence-corrected chi connectivity index (χ4v) is 2.08. The second kappa shape index (κ2) is 6.78. The Hall–Kier alpha value is -1.26. The molecular weight excluding hydrogens is 287 g/mol. The van der Waals surface area contributed by atoms with Gasteiger partial charge in [-0.05, 0) is 32.0 Å². The van der Waals surface area contributed by atoms with E-state index >= 15 is 0 Å². The molecule has 19 heavy (non-hydrogen) atoms. The van der Waals surface area contributed by atoms with Gasteiger partial charge in [0.25, 0.3) is 5.91 Å². The highest BCUT2D eigenvalue weighted by Crippen LogP contribution is 2.19. The maximum Gasteiger partial charge on any atom is 0.254 e. The number of nitrogens with one attached hydrogen (secondary N) is 1. The molecule has 0 atom stereocenters. The smallest absolute Gasteiger partial charge is 0.254 e. The first kappa shape index (κ1) is 15.8. The fraction of sp³-hybridized carbons (Fsp3) is 0.385. The zero-order valence-electron chi connectivity index (χ0n) is 11.0. The summed E-state index contributed by atoms with van der Waals surface area (Å²) in [5.41, 5.74) is 0.359. The summed E-state index contributed by atoms with van der Waals surface area (Å²) in [7, 11) is 1.55. The van der Waals surface area contributed by atoms with Crippen molar-refractivity contribution < 1.29 is 9.59 Å². The van der Waals surface area contributed by atoms with Crippen molar-refractivity contribution in [2.75, 3.05) is 13.6 Å². The van der Waals surface area contributed by atoms with Crippen LogP contribution < -0.4 is 5.32 Å². The normalized spacial score (nSPS) is 10.4. The summed E-state index contributed by atoms with van der Waals surface area (Å²) in [6.07, 6.45) is 0. The molecule has 1 aromatic carbocycles. The number of likely N-dealkylation sites (N-methyl/N-ethyl adjacent to an activating group) is 1. The number of hydrogen-bond acceptors (Lipinski definition) is 2. The summed E-state index contributed by atoms with van der Waals surface area (Å²) in [5.74, 6) is -0.512. The number of carbonyl (C=O) groups is 2. The van der Waals surface area contributed by atoms with Gasteiger partial charge in [-0.15, -0.1) is 0 Å². The summed E-state index contributed by atoms with van der Waals surface area (Å²) in [6, 6.07) is 4.63. The molecule has 2 amide bonds. The molecule has 104 valence electrons. The van der Waals surface area contributed by atoms with Gasteiger partial charge in [-0.1, -0.05) is 23.2 Å². The number of rotatable bonds is 4. The lowest BCUT2D eigenvalue weighted by molar-refractivity contribution is -0.122. The Balaban J connectivity index is 2.74. The minimum absolute atomic E-state index is 0.0128. The molecule has 0 saturated carbocycles. The monoisotopic (exact) mass is 302 g/mol. The van der Waals surface area contributed by atoms with E-state index in [0.29, 0.717) is 15.6 Å². The van der Waals surface area contributed by atoms with Gasteiger partial charge in [-0.25, -0.2) is 0 Å². The van der Waals surface area contributed by atoms with Gasteiger partial charge in [0, 0.05) is 28.7 Å². The number of hydrogen-bond donors (Lipinski definition) is 1. The fourth-order valence-electron chi connectivity index (χ4n) is 1.55. The van der Waals surface area contributed by atoms with Crippen LogP contribution in [0.2, 0.25) is 10.0 Å². The van der Waals surface area contributed by atoms with Gasteiger partial charge in [-0.2, -0.15) is 0 Å². The number of carbonyl (C=O) groups excluding carboxylic acids is 2. The predicted molar refractivity (Wildman–Crippen MR) is 76.7 cm³/mol. The zero-order valence-corrected chi connectivity index (χ0v) is 12.5. The molecule has 1 aromatic rings.